The van der Waals surface area contributed by atoms with Crippen LogP contribution in [-0.4, -0.2) is 55.3 Å². The third-order valence-electron chi connectivity index (χ3n) is 6.65. The highest BCUT2D eigenvalue weighted by Crippen LogP contribution is 2.35. The molecule has 0 amide bonds. The highest BCUT2D eigenvalue weighted by molar-refractivity contribution is 7.55. The Morgan fingerprint density at radius 3 is 2.00 bits per heavy atom. The zero-order valence-corrected chi connectivity index (χ0v) is 24.5. The fraction of sp³-hybridized carbons (Fsp3) is 0.759. The predicted octanol–water partition coefficient (Wildman–Crippen LogP) is 7.31. The van der Waals surface area contributed by atoms with E-state index in [1.165, 1.54) is 69.8 Å². The van der Waals surface area contributed by atoms with E-state index >= 15 is 0 Å². The monoisotopic (exact) mass is 525 g/mol. The van der Waals surface area contributed by atoms with Crippen LogP contribution in [0.5, 0.6) is 0 Å². The van der Waals surface area contributed by atoms with Gasteiger partial charge in [-0.2, -0.15) is 0 Å². The van der Waals surface area contributed by atoms with Gasteiger partial charge in [0.25, 0.3) is 7.52 Å². The van der Waals surface area contributed by atoms with Gasteiger partial charge in [-0.3, -0.25) is 4.57 Å². The number of benzene rings is 1. The number of quaternary nitrogens is 1. The van der Waals surface area contributed by atoms with Crippen molar-refractivity contribution in [1.29, 1.82) is 0 Å². The normalized spacial score (nSPS) is 13.5. The Labute approximate surface area is 221 Å². The molecular weight excluding hydrogens is 471 g/mol. The zero-order valence-electron chi connectivity index (χ0n) is 23.6. The molecule has 1 rings (SSSR count). The minimum Gasteiger partial charge on any atom is -0.462 e. The van der Waals surface area contributed by atoms with Gasteiger partial charge in [0.2, 0.25) is 0 Å². The van der Waals surface area contributed by atoms with Crippen molar-refractivity contribution in [1.82, 2.24) is 5.09 Å². The van der Waals surface area contributed by atoms with Gasteiger partial charge in [0.15, 0.2) is 0 Å². The van der Waals surface area contributed by atoms with Crippen LogP contribution in [0.25, 0.3) is 0 Å². The Hall–Kier alpha value is -1.20. The molecule has 0 aliphatic heterocycles. The third-order valence-corrected chi connectivity index (χ3v) is 8.29. The molecule has 1 unspecified atom stereocenters. The lowest BCUT2D eigenvalue weighted by Gasteiger charge is -2.30. The minimum absolute atomic E-state index is 0.226. The minimum atomic E-state index is -3.26. The summed E-state index contributed by atoms with van der Waals surface area (Å²) in [7, 11) is 1.29. The van der Waals surface area contributed by atoms with Crippen molar-refractivity contribution in [2.45, 2.75) is 104 Å². The first-order valence-corrected chi connectivity index (χ1v) is 16.2. The summed E-state index contributed by atoms with van der Waals surface area (Å²) >= 11 is 0. The summed E-state index contributed by atoms with van der Waals surface area (Å²) in [6, 6.07) is 7.71. The first-order valence-electron chi connectivity index (χ1n) is 14.3. The first-order chi connectivity index (χ1) is 17.2. The van der Waals surface area contributed by atoms with Gasteiger partial charge < -0.3 is 14.1 Å². The quantitative estimate of drug-likeness (QED) is 0.0719. The number of hydrogen-bond acceptors (Lipinski definition) is 3. The Morgan fingerprint density at radius 2 is 1.42 bits per heavy atom. The van der Waals surface area contributed by atoms with Crippen molar-refractivity contribution in [3.63, 3.8) is 0 Å². The molecule has 0 saturated heterocycles. The molecule has 0 radical (unpaired) electrons. The van der Waals surface area contributed by atoms with Crippen molar-refractivity contribution in [2.75, 3.05) is 40.0 Å². The molecule has 1 atom stereocenters. The molecule has 1 aromatic rings. The number of nitrogens with zero attached hydrogens (tertiary/aromatic N) is 1. The first kappa shape index (κ1) is 32.8. The molecule has 0 bridgehead atoms. The summed E-state index contributed by atoms with van der Waals surface area (Å²) in [6.45, 7) is 6.95. The van der Waals surface area contributed by atoms with Crippen LogP contribution >= 0.6 is 7.52 Å². The number of rotatable bonds is 22. The maximum Gasteiger partial charge on any atom is 0.338 e. The van der Waals surface area contributed by atoms with Crippen molar-refractivity contribution in [3.05, 3.63) is 35.4 Å². The zero-order chi connectivity index (χ0) is 26.7. The maximum absolute atomic E-state index is 12.3. The number of hydrogen-bond donors (Lipinski definition) is 2. The molecule has 2 N–H and O–H groups in total. The molecule has 0 aliphatic rings. The lowest BCUT2D eigenvalue weighted by atomic mass is 10.1. The summed E-state index contributed by atoms with van der Waals surface area (Å²) in [4.78, 5) is 22.1. The highest BCUT2D eigenvalue weighted by Gasteiger charge is 2.17. The molecule has 0 spiro atoms. The van der Waals surface area contributed by atoms with Gasteiger partial charge >= 0.3 is 5.97 Å². The average molecular weight is 526 g/mol. The van der Waals surface area contributed by atoms with Crippen molar-refractivity contribution in [2.24, 2.45) is 0 Å². The summed E-state index contributed by atoms with van der Waals surface area (Å²) in [6.07, 6.45) is 16.0. The molecule has 0 heterocycles. The summed E-state index contributed by atoms with van der Waals surface area (Å²) in [5, 5.41) is 2.69. The van der Waals surface area contributed by atoms with Crippen LogP contribution in [0.1, 0.15) is 113 Å². The van der Waals surface area contributed by atoms with Crippen molar-refractivity contribution < 1.29 is 23.5 Å². The Bertz CT molecular complexity index is 752. The van der Waals surface area contributed by atoms with Gasteiger partial charge in [-0.1, -0.05) is 83.8 Å². The second-order valence-corrected chi connectivity index (χ2v) is 13.0. The maximum atomic E-state index is 12.3. The average Bonchev–Trinajstić information content (AvgIpc) is 2.83. The van der Waals surface area contributed by atoms with Crippen LogP contribution < -0.4 is 5.09 Å². The molecule has 36 heavy (non-hydrogen) atoms. The molecule has 6 nitrogen and oxygen atoms in total. The van der Waals surface area contributed by atoms with Gasteiger partial charge in [-0.25, -0.2) is 9.88 Å². The topological polar surface area (TPSA) is 75.6 Å². The lowest BCUT2D eigenvalue weighted by molar-refractivity contribution is -0.903. The van der Waals surface area contributed by atoms with E-state index in [9.17, 15) is 14.3 Å². The molecule has 1 aromatic carbocycles. The molecular formula is C29H54N2O4P+. The second kappa shape index (κ2) is 19.0. The van der Waals surface area contributed by atoms with E-state index in [1.54, 1.807) is 0 Å². The van der Waals surface area contributed by atoms with Crippen LogP contribution in [0.3, 0.4) is 0 Å². The fourth-order valence-electron chi connectivity index (χ4n) is 4.37. The van der Waals surface area contributed by atoms with E-state index in [4.69, 9.17) is 4.74 Å². The van der Waals surface area contributed by atoms with Crippen LogP contribution in [0.2, 0.25) is 0 Å². The van der Waals surface area contributed by atoms with Crippen molar-refractivity contribution >= 4 is 13.5 Å². The lowest BCUT2D eigenvalue weighted by Crippen LogP contribution is -2.39. The van der Waals surface area contributed by atoms with Gasteiger partial charge in [0.1, 0.15) is 6.54 Å². The van der Waals surface area contributed by atoms with Gasteiger partial charge in [-0.05, 0) is 37.8 Å². The van der Waals surface area contributed by atoms with E-state index < -0.39 is 7.52 Å². The largest absolute Gasteiger partial charge is 0.462 e. The molecule has 0 saturated carbocycles. The molecule has 7 heteroatoms. The van der Waals surface area contributed by atoms with Gasteiger partial charge in [0.05, 0.1) is 32.8 Å². The van der Waals surface area contributed by atoms with Crippen LogP contribution in [0.15, 0.2) is 24.3 Å². The van der Waals surface area contributed by atoms with E-state index in [2.05, 4.69) is 26.1 Å². The number of carbonyl (C=O) groups is 1. The van der Waals surface area contributed by atoms with Crippen molar-refractivity contribution in [3.8, 4) is 0 Å². The predicted molar refractivity (Wildman–Crippen MR) is 151 cm³/mol. The Morgan fingerprint density at radius 1 is 0.861 bits per heavy atom. The van der Waals surface area contributed by atoms with Gasteiger partial charge in [0, 0.05) is 18.3 Å². The summed E-state index contributed by atoms with van der Waals surface area (Å²) in [5.74, 6) is -0.348. The molecule has 0 fully saturated rings. The fourth-order valence-corrected chi connectivity index (χ4v) is 5.78. The van der Waals surface area contributed by atoms with Gasteiger partial charge in [-0.15, -0.1) is 0 Å². The van der Waals surface area contributed by atoms with E-state index in [0.29, 0.717) is 18.5 Å². The molecule has 0 aliphatic carbocycles. The summed E-state index contributed by atoms with van der Waals surface area (Å²) in [5.41, 5.74) is 1.76. The van der Waals surface area contributed by atoms with E-state index in [1.807, 2.05) is 31.2 Å². The third kappa shape index (κ3) is 16.5. The van der Waals surface area contributed by atoms with E-state index in [-0.39, 0.29) is 18.7 Å². The number of esters is 1. The molecule has 208 valence electrons. The second-order valence-electron chi connectivity index (χ2n) is 10.9. The van der Waals surface area contributed by atoms with Crippen LogP contribution in [-0.2, 0) is 15.8 Å². The van der Waals surface area contributed by atoms with E-state index in [0.717, 1.165) is 30.4 Å². The SMILES string of the molecule is CCCCCCCCCCCC[N+](C)(C)Cc1ccc(C(=O)OCCCNP(=O)(O)CCCC)cc1. The van der Waals surface area contributed by atoms with Crippen LogP contribution in [0, 0.1) is 0 Å². The number of unbranched alkanes of at least 4 members (excludes halogenated alkanes) is 10. The Kier molecular flexibility index (Phi) is 17.3. The number of ether oxygens (including phenoxy) is 1. The number of carbonyl (C=O) groups excluding carboxylic acids is 1. The standard InChI is InChI=1S/C29H53N2O4P/c1-5-7-9-10-11-12-13-14-15-16-23-31(3,4)26-27-18-20-28(21-19-27)29(32)35-24-17-22-30-36(33,34)25-8-6-2/h18-21H,5-17,22-26H2,1-4H3,(H-,30,33,34)/p+1. The van der Waals surface area contributed by atoms with Crippen LogP contribution in [0.4, 0.5) is 0 Å². The highest BCUT2D eigenvalue weighted by atomic mass is 31.2. The molecule has 0 aromatic heterocycles. The smallest absolute Gasteiger partial charge is 0.338 e. The summed E-state index contributed by atoms with van der Waals surface area (Å²) < 4.78 is 18.2. The number of nitrogens with one attached hydrogen (secondary N) is 1. The Balaban J connectivity index is 2.23.